The lowest BCUT2D eigenvalue weighted by atomic mass is 9.90. The van der Waals surface area contributed by atoms with Crippen LogP contribution in [-0.4, -0.2) is 0 Å². The number of fused-ring (bicyclic) bond motifs is 1. The minimum absolute atomic E-state index is 0.228. The fourth-order valence-corrected chi connectivity index (χ4v) is 4.44. The van der Waals surface area contributed by atoms with Crippen molar-refractivity contribution in [2.75, 3.05) is 0 Å². The van der Waals surface area contributed by atoms with Gasteiger partial charge in [0.1, 0.15) is 0 Å². The van der Waals surface area contributed by atoms with Crippen molar-refractivity contribution in [2.45, 2.75) is 12.3 Å². The molecule has 0 aromatic heterocycles. The van der Waals surface area contributed by atoms with Crippen molar-refractivity contribution in [3.05, 3.63) is 155 Å². The molecule has 1 unspecified atom stereocenters. The Morgan fingerprint density at radius 1 is 0.633 bits per heavy atom. The molecule has 4 aromatic rings. The van der Waals surface area contributed by atoms with Crippen LogP contribution in [-0.2, 0) is 6.42 Å². The lowest BCUT2D eigenvalue weighted by Gasteiger charge is -2.13. The van der Waals surface area contributed by atoms with E-state index in [0.29, 0.717) is 0 Å². The van der Waals surface area contributed by atoms with Crippen molar-refractivity contribution in [1.29, 1.82) is 0 Å². The maximum Gasteiger partial charge on any atom is 0.0346 e. The maximum atomic E-state index is 4.51. The third-order valence-corrected chi connectivity index (χ3v) is 5.93. The summed E-state index contributed by atoms with van der Waals surface area (Å²) < 4.78 is 0. The third-order valence-electron chi connectivity index (χ3n) is 5.93. The van der Waals surface area contributed by atoms with Gasteiger partial charge in [-0.3, -0.25) is 0 Å². The molecule has 0 heterocycles. The van der Waals surface area contributed by atoms with Gasteiger partial charge in [0.05, 0.1) is 0 Å². The Morgan fingerprint density at radius 2 is 1.23 bits per heavy atom. The Hall–Kier alpha value is -3.64. The average molecular weight is 385 g/mol. The SMILES string of the molecule is C=C1/C(=C\c2ccc(Cc3ccccc3)cc2)c2ccccc2C1c1ccccc1. The second-order valence-electron chi connectivity index (χ2n) is 7.92. The number of benzene rings is 4. The van der Waals surface area contributed by atoms with Crippen molar-refractivity contribution in [3.8, 4) is 0 Å². The molecule has 0 fully saturated rings. The molecule has 0 N–H and O–H groups in total. The van der Waals surface area contributed by atoms with Gasteiger partial charge in [-0.15, -0.1) is 0 Å². The molecule has 0 bridgehead atoms. The molecule has 0 heteroatoms. The van der Waals surface area contributed by atoms with E-state index in [0.717, 1.165) is 6.42 Å². The van der Waals surface area contributed by atoms with Crippen LogP contribution < -0.4 is 0 Å². The molecule has 0 spiro atoms. The highest BCUT2D eigenvalue weighted by Gasteiger charge is 2.30. The van der Waals surface area contributed by atoms with Crippen molar-refractivity contribution in [3.63, 3.8) is 0 Å². The van der Waals surface area contributed by atoms with Gasteiger partial charge in [-0.25, -0.2) is 0 Å². The zero-order valence-electron chi connectivity index (χ0n) is 17.0. The standard InChI is InChI=1S/C30H24/c1-22-29(21-25-18-16-24(17-19-25)20-23-10-4-2-5-11-23)27-14-8-9-15-28(27)30(22)26-12-6-3-7-13-26/h2-19,21,30H,1,20H2/b29-21+. The number of hydrogen-bond donors (Lipinski definition) is 0. The van der Waals surface area contributed by atoms with Crippen LogP contribution in [0, 0.1) is 0 Å². The maximum absolute atomic E-state index is 4.51. The highest BCUT2D eigenvalue weighted by atomic mass is 14.3. The molecule has 144 valence electrons. The van der Waals surface area contributed by atoms with E-state index in [2.05, 4.69) is 122 Å². The minimum atomic E-state index is 0.228. The second kappa shape index (κ2) is 8.00. The number of allylic oxidation sites excluding steroid dienone is 2. The van der Waals surface area contributed by atoms with Gasteiger partial charge in [-0.1, -0.05) is 116 Å². The van der Waals surface area contributed by atoms with Gasteiger partial charge in [0, 0.05) is 5.92 Å². The lowest BCUT2D eigenvalue weighted by Crippen LogP contribution is -1.97. The summed E-state index contributed by atoms with van der Waals surface area (Å²) in [4.78, 5) is 0. The van der Waals surface area contributed by atoms with Crippen LogP contribution in [0.15, 0.2) is 121 Å². The number of rotatable bonds is 4. The van der Waals surface area contributed by atoms with Crippen LogP contribution in [0.25, 0.3) is 11.6 Å². The quantitative estimate of drug-likeness (QED) is 0.341. The fraction of sp³-hybridized carbons (Fsp3) is 0.0667. The van der Waals surface area contributed by atoms with Crippen molar-refractivity contribution in [1.82, 2.24) is 0 Å². The van der Waals surface area contributed by atoms with E-state index in [1.54, 1.807) is 0 Å². The first-order valence-electron chi connectivity index (χ1n) is 10.5. The monoisotopic (exact) mass is 384 g/mol. The van der Waals surface area contributed by atoms with E-state index in [9.17, 15) is 0 Å². The highest BCUT2D eigenvalue weighted by molar-refractivity contribution is 5.97. The largest absolute Gasteiger partial charge is 0.0942 e. The summed E-state index contributed by atoms with van der Waals surface area (Å²) in [7, 11) is 0. The van der Waals surface area contributed by atoms with E-state index in [4.69, 9.17) is 0 Å². The first kappa shape index (κ1) is 18.4. The highest BCUT2D eigenvalue weighted by Crippen LogP contribution is 2.48. The lowest BCUT2D eigenvalue weighted by molar-refractivity contribution is 1.02. The molecule has 5 rings (SSSR count). The van der Waals surface area contributed by atoms with Gasteiger partial charge >= 0.3 is 0 Å². The Kier molecular flexibility index (Phi) is 4.91. The zero-order valence-corrected chi connectivity index (χ0v) is 17.0. The molecule has 0 saturated heterocycles. The summed E-state index contributed by atoms with van der Waals surface area (Å²) in [6.07, 6.45) is 3.25. The minimum Gasteiger partial charge on any atom is -0.0942 e. The Labute approximate surface area is 178 Å². The zero-order chi connectivity index (χ0) is 20.3. The summed E-state index contributed by atoms with van der Waals surface area (Å²) in [5.41, 5.74) is 10.3. The summed E-state index contributed by atoms with van der Waals surface area (Å²) in [6, 6.07) is 38.9. The van der Waals surface area contributed by atoms with Crippen LogP contribution in [0.3, 0.4) is 0 Å². The first-order chi connectivity index (χ1) is 14.8. The molecule has 0 saturated carbocycles. The van der Waals surface area contributed by atoms with Gasteiger partial charge < -0.3 is 0 Å². The molecule has 1 aliphatic rings. The third kappa shape index (κ3) is 3.53. The second-order valence-corrected chi connectivity index (χ2v) is 7.92. The molecular weight excluding hydrogens is 360 g/mol. The summed E-state index contributed by atoms with van der Waals surface area (Å²) in [5.74, 6) is 0.228. The Balaban J connectivity index is 1.47. The number of hydrogen-bond acceptors (Lipinski definition) is 0. The predicted molar refractivity (Wildman–Crippen MR) is 127 cm³/mol. The van der Waals surface area contributed by atoms with E-state index >= 15 is 0 Å². The molecule has 4 aromatic carbocycles. The van der Waals surface area contributed by atoms with E-state index in [1.807, 2.05) is 0 Å². The van der Waals surface area contributed by atoms with Crippen molar-refractivity contribution in [2.24, 2.45) is 0 Å². The van der Waals surface area contributed by atoms with E-state index in [-0.39, 0.29) is 5.92 Å². The molecule has 0 nitrogen and oxygen atoms in total. The molecule has 1 atom stereocenters. The van der Waals surface area contributed by atoms with Gasteiger partial charge in [0.25, 0.3) is 0 Å². The molecular formula is C30H24. The van der Waals surface area contributed by atoms with Gasteiger partial charge in [-0.2, -0.15) is 0 Å². The predicted octanol–water partition coefficient (Wildman–Crippen LogP) is 7.52. The molecule has 1 aliphatic carbocycles. The molecule has 0 amide bonds. The topological polar surface area (TPSA) is 0 Å². The normalized spacial score (nSPS) is 16.6. The molecule has 0 aliphatic heterocycles. The van der Waals surface area contributed by atoms with E-state index in [1.165, 1.54) is 44.5 Å². The van der Waals surface area contributed by atoms with Crippen LogP contribution >= 0.6 is 0 Å². The van der Waals surface area contributed by atoms with Crippen LogP contribution in [0.1, 0.15) is 39.3 Å². The summed E-state index contributed by atoms with van der Waals surface area (Å²) in [6.45, 7) is 4.51. The van der Waals surface area contributed by atoms with Crippen LogP contribution in [0.5, 0.6) is 0 Å². The summed E-state index contributed by atoms with van der Waals surface area (Å²) in [5, 5.41) is 0. The fourth-order valence-electron chi connectivity index (χ4n) is 4.44. The Morgan fingerprint density at radius 3 is 1.97 bits per heavy atom. The smallest absolute Gasteiger partial charge is 0.0346 e. The van der Waals surface area contributed by atoms with Crippen LogP contribution in [0.4, 0.5) is 0 Å². The van der Waals surface area contributed by atoms with Gasteiger partial charge in [-0.05, 0) is 57.0 Å². The van der Waals surface area contributed by atoms with Crippen LogP contribution in [0.2, 0.25) is 0 Å². The molecule has 0 radical (unpaired) electrons. The average Bonchev–Trinajstić information content (AvgIpc) is 3.08. The Bertz CT molecular complexity index is 1200. The van der Waals surface area contributed by atoms with Crippen molar-refractivity contribution >= 4 is 11.6 Å². The first-order valence-corrected chi connectivity index (χ1v) is 10.5. The van der Waals surface area contributed by atoms with E-state index < -0.39 is 0 Å². The molecule has 30 heavy (non-hydrogen) atoms. The van der Waals surface area contributed by atoms with Crippen molar-refractivity contribution < 1.29 is 0 Å². The van der Waals surface area contributed by atoms with Gasteiger partial charge in [0.2, 0.25) is 0 Å². The van der Waals surface area contributed by atoms with Gasteiger partial charge in [0.15, 0.2) is 0 Å². The summed E-state index contributed by atoms with van der Waals surface area (Å²) >= 11 is 0.